The van der Waals surface area contributed by atoms with Gasteiger partial charge >= 0.3 is 26.2 Å². The number of rotatable bonds is 2. The van der Waals surface area contributed by atoms with Crippen LogP contribution in [0.3, 0.4) is 0 Å². The normalized spacial score (nSPS) is 7.40. The van der Waals surface area contributed by atoms with E-state index in [1.807, 2.05) is 0 Å². The Kier molecular flexibility index (Phi) is 30.9. The maximum absolute atomic E-state index is 2.21. The van der Waals surface area contributed by atoms with Crippen molar-refractivity contribution in [3.63, 3.8) is 0 Å². The van der Waals surface area contributed by atoms with Crippen LogP contribution in [-0.4, -0.2) is 9.52 Å². The summed E-state index contributed by atoms with van der Waals surface area (Å²) in [4.78, 5) is 0. The number of aryl methyl sites for hydroxylation is 2. The average molecular weight is 408 g/mol. The fourth-order valence-electron chi connectivity index (χ4n) is 1.30. The van der Waals surface area contributed by atoms with Crippen LogP contribution in [0.4, 0.5) is 0 Å². The van der Waals surface area contributed by atoms with E-state index in [1.165, 1.54) is 11.1 Å². The van der Waals surface area contributed by atoms with Crippen LogP contribution < -0.4 is 24.8 Å². The van der Waals surface area contributed by atoms with Gasteiger partial charge in [-0.1, -0.05) is 39.8 Å². The van der Waals surface area contributed by atoms with E-state index in [-0.39, 0.29) is 51.0 Å². The molecule has 2 aromatic rings. The second-order valence-electron chi connectivity index (χ2n) is 3.87. The molecule has 0 nitrogen and oxygen atoms in total. The fourth-order valence-corrected chi connectivity index (χ4v) is 1.30. The Morgan fingerprint density at radius 3 is 1.00 bits per heavy atom. The third kappa shape index (κ3) is 16.4. The summed E-state index contributed by atoms with van der Waals surface area (Å²) in [6.07, 6.45) is 2.32. The molecule has 0 saturated carbocycles. The Hall–Kier alpha value is 0.380. The van der Waals surface area contributed by atoms with Crippen molar-refractivity contribution in [1.82, 2.24) is 0 Å². The molecule has 0 bridgehead atoms. The monoisotopic (exact) mass is 405 g/mol. The zero-order chi connectivity index (χ0) is 12.9. The Balaban J connectivity index is -0.0000000956. The molecular formula is C16H25Cl2SiZr. The van der Waals surface area contributed by atoms with Crippen molar-refractivity contribution < 1.29 is 51.0 Å². The van der Waals surface area contributed by atoms with Gasteiger partial charge in [-0.15, -0.1) is 0 Å². The maximum atomic E-state index is 2.21. The number of hydrogen-bond acceptors (Lipinski definition) is 0. The van der Waals surface area contributed by atoms with Crippen LogP contribution in [-0.2, 0) is 39.0 Å². The van der Waals surface area contributed by atoms with E-state index in [0.29, 0.717) is 0 Å². The van der Waals surface area contributed by atoms with Crippen molar-refractivity contribution in [1.29, 1.82) is 0 Å². The average Bonchev–Trinajstić information content (AvgIpc) is 3.04. The Bertz CT molecular complexity index is 297. The van der Waals surface area contributed by atoms with Crippen molar-refractivity contribution in [3.8, 4) is 0 Å². The van der Waals surface area contributed by atoms with Gasteiger partial charge in [-0.3, -0.25) is 0 Å². The molecule has 4 heteroatoms. The van der Waals surface area contributed by atoms with E-state index < -0.39 is 0 Å². The topological polar surface area (TPSA) is 0 Å². The maximum Gasteiger partial charge on any atom is 4.00 e. The number of hydrogen-bond donors (Lipinski definition) is 0. The summed E-state index contributed by atoms with van der Waals surface area (Å²) in [5.74, 6) is 0. The summed E-state index contributed by atoms with van der Waals surface area (Å²) in [6, 6.07) is 16.8. The summed E-state index contributed by atoms with van der Waals surface area (Å²) in [7, 11) is 0.750. The second kappa shape index (κ2) is 21.7. The third-order valence-electron chi connectivity index (χ3n) is 2.28. The van der Waals surface area contributed by atoms with E-state index >= 15 is 0 Å². The molecule has 0 unspecified atom stereocenters. The Labute approximate surface area is 159 Å². The van der Waals surface area contributed by atoms with Crippen LogP contribution in [0, 0.1) is 0 Å². The smallest absolute Gasteiger partial charge is 1.00 e. The molecule has 0 heterocycles. The molecule has 0 spiro atoms. The largest absolute Gasteiger partial charge is 4.00 e. The van der Waals surface area contributed by atoms with Crippen molar-refractivity contribution in [2.75, 3.05) is 0 Å². The molecule has 0 aliphatic carbocycles. The molecular weight excluding hydrogens is 382 g/mol. The standard InChI is InChI=1S/2C7H9.C2H7Si.2ClH.Zr/c2*1-2-7-5-3-4-6-7;1-3-2;;;/h2*3-6H,2H2,1H3;3H,1-2H3;2*1H;/q2*-1;;;;+4/p-2. The molecule has 0 saturated heterocycles. The van der Waals surface area contributed by atoms with E-state index in [9.17, 15) is 0 Å². The van der Waals surface area contributed by atoms with Gasteiger partial charge in [0.2, 0.25) is 0 Å². The van der Waals surface area contributed by atoms with Crippen LogP contribution >= 0.6 is 0 Å². The van der Waals surface area contributed by atoms with Crippen molar-refractivity contribution >= 4 is 9.52 Å². The van der Waals surface area contributed by atoms with Gasteiger partial charge in [-0.2, -0.15) is 35.4 Å². The van der Waals surface area contributed by atoms with Crippen molar-refractivity contribution in [3.05, 3.63) is 59.7 Å². The summed E-state index contributed by atoms with van der Waals surface area (Å²) in [5, 5.41) is 0. The first-order valence-electron chi connectivity index (χ1n) is 6.43. The molecule has 0 N–H and O–H groups in total. The van der Waals surface area contributed by atoms with E-state index in [4.69, 9.17) is 0 Å². The summed E-state index contributed by atoms with van der Waals surface area (Å²) < 4.78 is 0. The Morgan fingerprint density at radius 1 is 0.700 bits per heavy atom. The SMILES string of the molecule is CC[c-]1cccc1.CC[c-]1cccc1.C[SiH]C.[Cl-].[Cl-].[Zr+4]. The first-order valence-corrected chi connectivity index (χ1v) is 8.74. The summed E-state index contributed by atoms with van der Waals surface area (Å²) in [5.41, 5.74) is 2.86. The van der Waals surface area contributed by atoms with Gasteiger partial charge in [0.25, 0.3) is 0 Å². The molecule has 0 aliphatic rings. The number of halogens is 2. The molecule has 0 aliphatic heterocycles. The first-order chi connectivity index (χ1) is 8.28. The Morgan fingerprint density at radius 2 is 0.900 bits per heavy atom. The second-order valence-corrected chi connectivity index (χ2v) is 5.03. The zero-order valence-electron chi connectivity index (χ0n) is 12.9. The summed E-state index contributed by atoms with van der Waals surface area (Å²) >= 11 is 0. The van der Waals surface area contributed by atoms with Gasteiger partial charge in [0, 0.05) is 9.52 Å². The van der Waals surface area contributed by atoms with Gasteiger partial charge in [0.15, 0.2) is 0 Å². The van der Waals surface area contributed by atoms with E-state index in [2.05, 4.69) is 75.5 Å². The van der Waals surface area contributed by atoms with Crippen molar-refractivity contribution in [2.24, 2.45) is 0 Å². The van der Waals surface area contributed by atoms with E-state index in [1.54, 1.807) is 0 Å². The predicted octanol–water partition coefficient (Wildman–Crippen LogP) is -1.54. The van der Waals surface area contributed by atoms with E-state index in [0.717, 1.165) is 22.4 Å². The molecule has 0 aromatic heterocycles. The van der Waals surface area contributed by atoms with Crippen molar-refractivity contribution in [2.45, 2.75) is 39.8 Å². The van der Waals surface area contributed by atoms with Gasteiger partial charge in [-0.25, -0.2) is 24.3 Å². The van der Waals surface area contributed by atoms with Gasteiger partial charge in [0.1, 0.15) is 0 Å². The van der Waals surface area contributed by atoms with Crippen LogP contribution in [0.1, 0.15) is 25.0 Å². The molecule has 0 fully saturated rings. The minimum absolute atomic E-state index is 0. The molecule has 2 rings (SSSR count). The molecule has 1 radical (unpaired) electrons. The third-order valence-corrected chi connectivity index (χ3v) is 2.28. The molecule has 0 atom stereocenters. The molecule has 20 heavy (non-hydrogen) atoms. The van der Waals surface area contributed by atoms with Gasteiger partial charge in [0.05, 0.1) is 0 Å². The molecule has 0 amide bonds. The zero-order valence-corrected chi connectivity index (χ0v) is 18.0. The van der Waals surface area contributed by atoms with Crippen LogP contribution in [0.2, 0.25) is 13.1 Å². The quantitative estimate of drug-likeness (QED) is 0.418. The van der Waals surface area contributed by atoms with Gasteiger partial charge in [-0.05, 0) is 0 Å². The fraction of sp³-hybridized carbons (Fsp3) is 0.375. The summed E-state index contributed by atoms with van der Waals surface area (Å²) in [6.45, 7) is 8.74. The minimum Gasteiger partial charge on any atom is -1.00 e. The first kappa shape index (κ1) is 28.5. The van der Waals surface area contributed by atoms with Crippen LogP contribution in [0.25, 0.3) is 0 Å². The minimum atomic E-state index is 0. The predicted molar refractivity (Wildman–Crippen MR) is 81.7 cm³/mol. The van der Waals surface area contributed by atoms with Crippen LogP contribution in [0.5, 0.6) is 0 Å². The van der Waals surface area contributed by atoms with Crippen LogP contribution in [0.15, 0.2) is 48.5 Å². The van der Waals surface area contributed by atoms with Gasteiger partial charge < -0.3 is 24.8 Å². The molecule has 111 valence electrons. The molecule has 2 aromatic carbocycles.